The molecule has 1 N–H and O–H groups in total. The molecule has 0 bridgehead atoms. The van der Waals surface area contributed by atoms with Gasteiger partial charge in [-0.3, -0.25) is 4.79 Å². The van der Waals surface area contributed by atoms with Gasteiger partial charge < -0.3 is 10.1 Å². The lowest BCUT2D eigenvalue weighted by Gasteiger charge is -2.23. The fourth-order valence-corrected chi connectivity index (χ4v) is 4.78. The van der Waals surface area contributed by atoms with Crippen molar-refractivity contribution in [3.05, 3.63) is 65.2 Å². The number of aryl methyl sites for hydroxylation is 2. The molecule has 0 aliphatic carbocycles. The summed E-state index contributed by atoms with van der Waals surface area (Å²) in [5, 5.41) is 2.79. The van der Waals surface area contributed by atoms with Gasteiger partial charge in [-0.2, -0.15) is 4.31 Å². The molecule has 0 aliphatic rings. The Balaban J connectivity index is 2.15. The van der Waals surface area contributed by atoms with E-state index in [0.717, 1.165) is 11.1 Å². The molecule has 0 radical (unpaired) electrons. The zero-order valence-electron chi connectivity index (χ0n) is 18.1. The highest BCUT2D eigenvalue weighted by atomic mass is 32.2. The van der Waals surface area contributed by atoms with Crippen LogP contribution < -0.4 is 5.32 Å². The van der Waals surface area contributed by atoms with Gasteiger partial charge in [-0.25, -0.2) is 8.42 Å². The molecule has 0 aliphatic heterocycles. The highest BCUT2D eigenvalue weighted by Gasteiger charge is 2.28. The first-order chi connectivity index (χ1) is 14.3. The van der Waals surface area contributed by atoms with Crippen LogP contribution in [0.15, 0.2) is 53.4 Å². The van der Waals surface area contributed by atoms with Crippen molar-refractivity contribution in [1.29, 1.82) is 0 Å². The van der Waals surface area contributed by atoms with Crippen LogP contribution in [0.1, 0.15) is 30.0 Å². The average molecular weight is 433 g/mol. The minimum atomic E-state index is -3.81. The topological polar surface area (TPSA) is 75.7 Å². The number of nitrogens with one attached hydrogen (secondary N) is 1. The smallest absolute Gasteiger partial charge is 0.243 e. The van der Waals surface area contributed by atoms with E-state index in [2.05, 4.69) is 5.32 Å². The van der Waals surface area contributed by atoms with Crippen molar-refractivity contribution in [2.45, 2.75) is 38.5 Å². The molecule has 0 saturated heterocycles. The minimum absolute atomic E-state index is 0.211. The van der Waals surface area contributed by atoms with Crippen molar-refractivity contribution in [2.75, 3.05) is 32.8 Å². The third-order valence-corrected chi connectivity index (χ3v) is 6.75. The van der Waals surface area contributed by atoms with E-state index in [1.165, 1.54) is 4.31 Å². The van der Waals surface area contributed by atoms with Gasteiger partial charge in [0, 0.05) is 26.3 Å². The van der Waals surface area contributed by atoms with Crippen LogP contribution in [0.3, 0.4) is 0 Å². The van der Waals surface area contributed by atoms with Gasteiger partial charge in [0.15, 0.2) is 0 Å². The number of hydrogen-bond donors (Lipinski definition) is 1. The second-order valence-corrected chi connectivity index (χ2v) is 9.15. The fourth-order valence-electron chi connectivity index (χ4n) is 3.07. The van der Waals surface area contributed by atoms with Gasteiger partial charge in [0.1, 0.15) is 0 Å². The second-order valence-electron chi connectivity index (χ2n) is 7.24. The molecular formula is C23H32N2O4S. The Kier molecular flexibility index (Phi) is 9.49. The highest BCUT2D eigenvalue weighted by Crippen LogP contribution is 2.21. The van der Waals surface area contributed by atoms with Gasteiger partial charge in [-0.15, -0.1) is 0 Å². The number of rotatable bonds is 12. The predicted molar refractivity (Wildman–Crippen MR) is 119 cm³/mol. The summed E-state index contributed by atoms with van der Waals surface area (Å²) in [4.78, 5) is 12.7. The molecule has 0 aromatic heterocycles. The fraction of sp³-hybridized carbons (Fsp3) is 0.435. The molecule has 0 heterocycles. The van der Waals surface area contributed by atoms with Gasteiger partial charge in [0.05, 0.1) is 11.4 Å². The molecule has 0 saturated carbocycles. The lowest BCUT2D eigenvalue weighted by molar-refractivity contribution is -0.121. The molecule has 0 atom stereocenters. The number of ether oxygens (including phenoxy) is 1. The summed E-state index contributed by atoms with van der Waals surface area (Å²) >= 11 is 0. The molecule has 164 valence electrons. The number of hydrogen-bond acceptors (Lipinski definition) is 4. The lowest BCUT2D eigenvalue weighted by atomic mass is 10.1. The van der Waals surface area contributed by atoms with Gasteiger partial charge in [-0.1, -0.05) is 42.5 Å². The third kappa shape index (κ3) is 7.23. The van der Waals surface area contributed by atoms with Crippen molar-refractivity contribution < 1.29 is 17.9 Å². The first-order valence-electron chi connectivity index (χ1n) is 10.3. The summed E-state index contributed by atoms with van der Waals surface area (Å²) < 4.78 is 33.3. The average Bonchev–Trinajstić information content (AvgIpc) is 2.73. The summed E-state index contributed by atoms with van der Waals surface area (Å²) in [6.07, 6.45) is 1.22. The standard InChI is InChI=1S/C23H32N2O4S/c1-4-29-16-8-14-24-23(26)18-25(15-13-21-9-6-5-7-10-21)30(27,28)22-17-19(2)11-12-20(22)3/h5-7,9-12,17H,4,8,13-16,18H2,1-3H3,(H,24,26). The van der Waals surface area contributed by atoms with Crippen LogP contribution in [0.25, 0.3) is 0 Å². The van der Waals surface area contributed by atoms with E-state index in [-0.39, 0.29) is 23.9 Å². The van der Waals surface area contributed by atoms with Crippen molar-refractivity contribution in [1.82, 2.24) is 9.62 Å². The van der Waals surface area contributed by atoms with Gasteiger partial charge in [0.25, 0.3) is 0 Å². The Hall–Kier alpha value is -2.22. The summed E-state index contributed by atoms with van der Waals surface area (Å²) in [7, 11) is -3.81. The van der Waals surface area contributed by atoms with Gasteiger partial charge >= 0.3 is 0 Å². The molecular weight excluding hydrogens is 400 g/mol. The van der Waals surface area contributed by atoms with Crippen molar-refractivity contribution >= 4 is 15.9 Å². The van der Waals surface area contributed by atoms with Gasteiger partial charge in [0.2, 0.25) is 15.9 Å². The maximum atomic E-state index is 13.4. The molecule has 0 fully saturated rings. The van der Waals surface area contributed by atoms with E-state index in [4.69, 9.17) is 4.74 Å². The number of amides is 1. The van der Waals surface area contributed by atoms with Crippen molar-refractivity contribution in [3.63, 3.8) is 0 Å². The molecule has 2 aromatic carbocycles. The Bertz CT molecular complexity index is 914. The number of benzene rings is 2. The molecule has 7 heteroatoms. The quantitative estimate of drug-likeness (QED) is 0.523. The number of carbonyl (C=O) groups excluding carboxylic acids is 1. The van der Waals surface area contributed by atoms with Crippen LogP contribution in [0.5, 0.6) is 0 Å². The van der Waals surface area contributed by atoms with E-state index in [1.807, 2.05) is 50.2 Å². The lowest BCUT2D eigenvalue weighted by Crippen LogP contribution is -2.42. The Morgan fingerprint density at radius 1 is 1.10 bits per heavy atom. The van der Waals surface area contributed by atoms with Crippen molar-refractivity contribution in [3.8, 4) is 0 Å². The predicted octanol–water partition coefficient (Wildman–Crippen LogP) is 3.08. The summed E-state index contributed by atoms with van der Waals surface area (Å²) in [6, 6.07) is 15.0. The van der Waals surface area contributed by atoms with Crippen LogP contribution in [0.4, 0.5) is 0 Å². The molecule has 30 heavy (non-hydrogen) atoms. The summed E-state index contributed by atoms with van der Waals surface area (Å²) in [6.45, 7) is 7.22. The van der Waals surface area contributed by atoms with E-state index in [0.29, 0.717) is 38.2 Å². The van der Waals surface area contributed by atoms with E-state index in [9.17, 15) is 13.2 Å². The zero-order valence-corrected chi connectivity index (χ0v) is 18.9. The Morgan fingerprint density at radius 3 is 2.53 bits per heavy atom. The normalized spacial score (nSPS) is 11.6. The molecule has 0 spiro atoms. The van der Waals surface area contributed by atoms with Crippen LogP contribution in [0.2, 0.25) is 0 Å². The maximum absolute atomic E-state index is 13.4. The SMILES string of the molecule is CCOCCCNC(=O)CN(CCc1ccccc1)S(=O)(=O)c1cc(C)ccc1C. The van der Waals surface area contributed by atoms with Crippen molar-refractivity contribution in [2.24, 2.45) is 0 Å². The van der Waals surface area contributed by atoms with Crippen LogP contribution in [-0.2, 0) is 26.0 Å². The van der Waals surface area contributed by atoms with Crippen LogP contribution >= 0.6 is 0 Å². The largest absolute Gasteiger partial charge is 0.382 e. The van der Waals surface area contributed by atoms with Gasteiger partial charge in [-0.05, 0) is 56.4 Å². The van der Waals surface area contributed by atoms with E-state index >= 15 is 0 Å². The molecule has 2 aromatic rings. The van der Waals surface area contributed by atoms with E-state index < -0.39 is 10.0 Å². The summed E-state index contributed by atoms with van der Waals surface area (Å²) in [5.41, 5.74) is 2.56. The first-order valence-corrected chi connectivity index (χ1v) is 11.7. The number of nitrogens with zero attached hydrogens (tertiary/aromatic N) is 1. The second kappa shape index (κ2) is 11.8. The molecule has 2 rings (SSSR count). The number of sulfonamides is 1. The summed E-state index contributed by atoms with van der Waals surface area (Å²) in [5.74, 6) is -0.312. The molecule has 0 unspecified atom stereocenters. The minimum Gasteiger partial charge on any atom is -0.382 e. The van der Waals surface area contributed by atoms with Crippen LogP contribution in [0, 0.1) is 13.8 Å². The van der Waals surface area contributed by atoms with Crippen LogP contribution in [-0.4, -0.2) is 51.5 Å². The highest BCUT2D eigenvalue weighted by molar-refractivity contribution is 7.89. The monoisotopic (exact) mass is 432 g/mol. The Morgan fingerprint density at radius 2 is 1.83 bits per heavy atom. The Labute approximate surface area is 180 Å². The zero-order chi connectivity index (χ0) is 22.0. The maximum Gasteiger partial charge on any atom is 0.243 e. The molecule has 1 amide bonds. The first kappa shape index (κ1) is 24.1. The third-order valence-electron chi connectivity index (χ3n) is 4.77. The molecule has 6 nitrogen and oxygen atoms in total. The van der Waals surface area contributed by atoms with E-state index in [1.54, 1.807) is 19.1 Å². The number of carbonyl (C=O) groups is 1.